The van der Waals surface area contributed by atoms with E-state index in [-0.39, 0.29) is 11.5 Å². The monoisotopic (exact) mass is 463 g/mol. The number of pyridine rings is 3. The Morgan fingerprint density at radius 2 is 1.97 bits per heavy atom. The van der Waals surface area contributed by atoms with Gasteiger partial charge in [-0.1, -0.05) is 23.4 Å². The minimum atomic E-state index is -0.0790. The first-order valence-electron chi connectivity index (χ1n) is 10.4. The van der Waals surface area contributed by atoms with E-state index >= 15 is 0 Å². The van der Waals surface area contributed by atoms with E-state index in [4.69, 9.17) is 23.1 Å². The van der Waals surface area contributed by atoms with Gasteiger partial charge in [-0.25, -0.2) is 9.97 Å². The van der Waals surface area contributed by atoms with E-state index in [0.29, 0.717) is 16.4 Å². The molecule has 0 radical (unpaired) electrons. The largest absolute Gasteiger partial charge is 0.382 e. The third-order valence-corrected chi connectivity index (χ3v) is 8.11. The summed E-state index contributed by atoms with van der Waals surface area (Å²) in [6.07, 6.45) is 7.98. The average Bonchev–Trinajstić information content (AvgIpc) is 3.08. The quantitative estimate of drug-likeness (QED) is 0.598. The Kier molecular flexibility index (Phi) is 5.41. The maximum atomic E-state index is 9.18. The second-order valence-corrected chi connectivity index (χ2v) is 9.83. The summed E-state index contributed by atoms with van der Waals surface area (Å²) in [5.74, 6) is 1.29. The number of hydrogen-bond acceptors (Lipinski definition) is 8. The van der Waals surface area contributed by atoms with Gasteiger partial charge >= 0.3 is 0 Å². The zero-order valence-corrected chi connectivity index (χ0v) is 18.9. The first-order chi connectivity index (χ1) is 15.5. The highest BCUT2D eigenvalue weighted by Crippen LogP contribution is 2.50. The van der Waals surface area contributed by atoms with Crippen LogP contribution in [0.2, 0.25) is 5.02 Å². The number of nitrogens with zero attached hydrogens (tertiary/aromatic N) is 5. The highest BCUT2D eigenvalue weighted by atomic mass is 35.5. The van der Waals surface area contributed by atoms with E-state index in [9.17, 15) is 5.26 Å². The van der Waals surface area contributed by atoms with Crippen molar-refractivity contribution in [2.24, 2.45) is 11.1 Å². The van der Waals surface area contributed by atoms with Gasteiger partial charge < -0.3 is 16.4 Å². The number of nitrogen functional groups attached to an aromatic ring is 1. The van der Waals surface area contributed by atoms with Crippen LogP contribution in [-0.2, 0) is 6.42 Å². The van der Waals surface area contributed by atoms with Crippen LogP contribution in [-0.4, -0.2) is 28.0 Å². The Bertz CT molecular complexity index is 1200. The first-order valence-corrected chi connectivity index (χ1v) is 11.6. The van der Waals surface area contributed by atoms with Crippen molar-refractivity contribution < 1.29 is 0 Å². The van der Waals surface area contributed by atoms with Crippen molar-refractivity contribution in [2.45, 2.75) is 35.1 Å². The highest BCUT2D eigenvalue weighted by molar-refractivity contribution is 7.99. The first kappa shape index (κ1) is 21.0. The fourth-order valence-electron chi connectivity index (χ4n) is 4.70. The van der Waals surface area contributed by atoms with Crippen LogP contribution in [0.5, 0.6) is 0 Å². The molecule has 4 heterocycles. The Hall–Kier alpha value is -2.86. The van der Waals surface area contributed by atoms with Crippen LogP contribution in [0.4, 0.5) is 11.6 Å². The van der Waals surface area contributed by atoms with Gasteiger partial charge in [0.25, 0.3) is 0 Å². The smallest absolute Gasteiger partial charge is 0.143 e. The molecule has 7 nitrogen and oxygen atoms in total. The molecule has 1 spiro atoms. The summed E-state index contributed by atoms with van der Waals surface area (Å²) in [4.78, 5) is 17.3. The fourth-order valence-corrected chi connectivity index (χ4v) is 5.74. The number of piperidine rings is 1. The third kappa shape index (κ3) is 3.66. The van der Waals surface area contributed by atoms with Gasteiger partial charge in [-0.2, -0.15) is 5.26 Å². The van der Waals surface area contributed by atoms with Crippen molar-refractivity contribution >= 4 is 35.0 Å². The van der Waals surface area contributed by atoms with Gasteiger partial charge in [0.15, 0.2) is 0 Å². The molecule has 3 aromatic heterocycles. The van der Waals surface area contributed by atoms with Gasteiger partial charge in [-0.3, -0.25) is 4.98 Å². The molecule has 0 bridgehead atoms. The molecule has 2 aliphatic rings. The van der Waals surface area contributed by atoms with Crippen LogP contribution < -0.4 is 16.4 Å². The molecule has 1 saturated heterocycles. The summed E-state index contributed by atoms with van der Waals surface area (Å²) >= 11 is 7.77. The van der Waals surface area contributed by atoms with Crippen molar-refractivity contribution in [1.29, 1.82) is 5.26 Å². The second-order valence-electron chi connectivity index (χ2n) is 8.34. The third-order valence-electron chi connectivity index (χ3n) is 6.56. The topological polar surface area (TPSA) is 118 Å². The summed E-state index contributed by atoms with van der Waals surface area (Å²) in [7, 11) is 0. The number of hydrogen-bond donors (Lipinski definition) is 2. The fraction of sp³-hybridized carbons (Fsp3) is 0.304. The van der Waals surface area contributed by atoms with Crippen LogP contribution in [0, 0.1) is 16.7 Å². The number of aromatic nitrogens is 3. The molecular formula is C23H22ClN7S. The molecule has 32 heavy (non-hydrogen) atoms. The maximum Gasteiger partial charge on any atom is 0.143 e. The molecule has 3 aromatic rings. The van der Waals surface area contributed by atoms with Crippen LogP contribution in [0.1, 0.15) is 35.7 Å². The molecule has 1 aliphatic carbocycles. The second kappa shape index (κ2) is 8.24. The molecule has 0 unspecified atom stereocenters. The molecule has 162 valence electrons. The van der Waals surface area contributed by atoms with E-state index in [1.54, 1.807) is 12.4 Å². The molecule has 0 amide bonds. The predicted octanol–water partition coefficient (Wildman–Crippen LogP) is 3.97. The molecule has 0 aromatic carbocycles. The summed E-state index contributed by atoms with van der Waals surface area (Å²) in [6.45, 7) is 1.78. The molecule has 5 rings (SSSR count). The van der Waals surface area contributed by atoms with Crippen LogP contribution in [0.15, 0.2) is 52.6 Å². The van der Waals surface area contributed by atoms with E-state index in [0.717, 1.165) is 59.2 Å². The van der Waals surface area contributed by atoms with E-state index in [1.807, 2.05) is 24.4 Å². The number of anilines is 2. The number of halogens is 1. The van der Waals surface area contributed by atoms with Gasteiger partial charge in [0.05, 0.1) is 10.6 Å². The van der Waals surface area contributed by atoms with Crippen LogP contribution in [0.3, 0.4) is 0 Å². The van der Waals surface area contributed by atoms with E-state index < -0.39 is 0 Å². The van der Waals surface area contributed by atoms with Gasteiger partial charge in [0.2, 0.25) is 0 Å². The van der Waals surface area contributed by atoms with Crippen molar-refractivity contribution in [3.63, 3.8) is 0 Å². The van der Waals surface area contributed by atoms with Crippen molar-refractivity contribution in [3.8, 4) is 6.07 Å². The van der Waals surface area contributed by atoms with Gasteiger partial charge in [0.1, 0.15) is 17.7 Å². The molecule has 1 fully saturated rings. The maximum absolute atomic E-state index is 9.18. The lowest BCUT2D eigenvalue weighted by Crippen LogP contribution is -2.44. The number of nitriles is 1. The minimum Gasteiger partial charge on any atom is -0.382 e. The Morgan fingerprint density at radius 1 is 1.16 bits per heavy atom. The summed E-state index contributed by atoms with van der Waals surface area (Å²) < 4.78 is 0. The molecular weight excluding hydrogens is 442 g/mol. The van der Waals surface area contributed by atoms with Gasteiger partial charge in [-0.15, -0.1) is 0 Å². The van der Waals surface area contributed by atoms with Crippen molar-refractivity contribution in [1.82, 2.24) is 15.0 Å². The summed E-state index contributed by atoms with van der Waals surface area (Å²) in [6, 6.07) is 9.94. The summed E-state index contributed by atoms with van der Waals surface area (Å²) in [5.41, 5.74) is 15.1. The Morgan fingerprint density at radius 3 is 2.69 bits per heavy atom. The lowest BCUT2D eigenvalue weighted by molar-refractivity contribution is 0.186. The zero-order chi connectivity index (χ0) is 22.3. The molecule has 9 heteroatoms. The predicted molar refractivity (Wildman–Crippen MR) is 125 cm³/mol. The SMILES string of the molecule is N#Cc1cnc2c(c1)[C@@H](N)C1(CCN(c3ccc(Sc4ccnc(N)c4Cl)cn3)CC1)C2. The Balaban J connectivity index is 1.26. The normalized spacial score (nSPS) is 19.0. The lowest BCUT2D eigenvalue weighted by Gasteiger charge is -2.42. The number of fused-ring (bicyclic) bond motifs is 1. The van der Waals surface area contributed by atoms with Gasteiger partial charge in [-0.05, 0) is 54.5 Å². The minimum absolute atomic E-state index is 0.00767. The van der Waals surface area contributed by atoms with Gasteiger partial charge in [0, 0.05) is 53.2 Å². The average molecular weight is 464 g/mol. The number of nitrogens with two attached hydrogens (primary N) is 2. The molecule has 4 N–H and O–H groups in total. The van der Waals surface area contributed by atoms with Crippen LogP contribution >= 0.6 is 23.4 Å². The molecule has 0 saturated carbocycles. The standard InChI is InChI=1S/C23H22ClN7S/c24-20-18(3-6-28-22(20)27)32-15-1-2-19(30-13-15)31-7-4-23(5-8-31)10-17-16(21(23)26)9-14(11-25)12-29-17/h1-3,6,9,12-13,21H,4-5,7-8,10,26H2,(H2,27,28)/t21-/m1/s1. The zero-order valence-electron chi connectivity index (χ0n) is 17.3. The molecule has 1 aliphatic heterocycles. The van der Waals surface area contributed by atoms with Crippen molar-refractivity contribution in [2.75, 3.05) is 23.7 Å². The van der Waals surface area contributed by atoms with E-state index in [1.165, 1.54) is 11.8 Å². The summed E-state index contributed by atoms with van der Waals surface area (Å²) in [5, 5.41) is 9.65. The number of rotatable bonds is 3. The van der Waals surface area contributed by atoms with Crippen LogP contribution in [0.25, 0.3) is 0 Å². The highest BCUT2D eigenvalue weighted by Gasteiger charge is 2.46. The Labute approximate surface area is 195 Å². The molecule has 1 atom stereocenters. The van der Waals surface area contributed by atoms with E-state index in [2.05, 4.69) is 32.0 Å². The lowest BCUT2D eigenvalue weighted by atomic mass is 9.73. The van der Waals surface area contributed by atoms with Crippen molar-refractivity contribution in [3.05, 3.63) is 64.7 Å².